The molecular formula is C19H21ClN2O4S2. The van der Waals surface area contributed by atoms with E-state index in [1.165, 1.54) is 12.1 Å². The van der Waals surface area contributed by atoms with Gasteiger partial charge in [-0.2, -0.15) is 0 Å². The van der Waals surface area contributed by atoms with Crippen LogP contribution in [-0.4, -0.2) is 26.1 Å². The van der Waals surface area contributed by atoms with Crippen molar-refractivity contribution in [2.75, 3.05) is 13.2 Å². The minimum atomic E-state index is -3.71. The number of thiazole rings is 1. The average molecular weight is 441 g/mol. The lowest BCUT2D eigenvalue weighted by molar-refractivity contribution is 0.323. The van der Waals surface area contributed by atoms with Crippen LogP contribution in [0.4, 0.5) is 0 Å². The van der Waals surface area contributed by atoms with Gasteiger partial charge in [0.1, 0.15) is 12.4 Å². The van der Waals surface area contributed by atoms with E-state index in [1.54, 1.807) is 22.8 Å². The second-order valence-corrected chi connectivity index (χ2v) is 9.79. The number of nitrogens with zero attached hydrogens (tertiary/aromatic N) is 1. The van der Waals surface area contributed by atoms with Gasteiger partial charge in [0.15, 0.2) is 0 Å². The molecule has 3 rings (SSSR count). The SMILES string of the molecule is Cc1ccc(OCCNS(=O)(=O)c2ccc3c(c2)sc(=O)n3C(C)C)cc1Cl. The van der Waals surface area contributed by atoms with E-state index in [-0.39, 0.29) is 29.0 Å². The fourth-order valence-electron chi connectivity index (χ4n) is 2.76. The summed E-state index contributed by atoms with van der Waals surface area (Å²) in [6, 6.07) is 10.0. The zero-order chi connectivity index (χ0) is 20.5. The van der Waals surface area contributed by atoms with Gasteiger partial charge >= 0.3 is 4.87 Å². The zero-order valence-electron chi connectivity index (χ0n) is 15.7. The van der Waals surface area contributed by atoms with Gasteiger partial charge in [0, 0.05) is 17.6 Å². The number of sulfonamides is 1. The third-order valence-corrected chi connectivity index (χ3v) is 7.00. The lowest BCUT2D eigenvalue weighted by Gasteiger charge is -2.10. The van der Waals surface area contributed by atoms with E-state index in [0.717, 1.165) is 22.4 Å². The van der Waals surface area contributed by atoms with Gasteiger partial charge in [0.2, 0.25) is 10.0 Å². The summed E-state index contributed by atoms with van der Waals surface area (Å²) in [5.41, 5.74) is 1.68. The van der Waals surface area contributed by atoms with Crippen LogP contribution in [-0.2, 0) is 10.0 Å². The summed E-state index contributed by atoms with van der Waals surface area (Å²) >= 11 is 7.09. The second-order valence-electron chi connectivity index (χ2n) is 6.62. The number of aromatic nitrogens is 1. The molecule has 0 atom stereocenters. The highest BCUT2D eigenvalue weighted by Crippen LogP contribution is 2.24. The van der Waals surface area contributed by atoms with Crippen molar-refractivity contribution in [3.05, 3.63) is 56.7 Å². The lowest BCUT2D eigenvalue weighted by atomic mass is 10.2. The Morgan fingerprint density at radius 1 is 1.21 bits per heavy atom. The fourth-order valence-corrected chi connectivity index (χ4v) is 5.10. The van der Waals surface area contributed by atoms with Crippen molar-refractivity contribution < 1.29 is 13.2 Å². The molecule has 0 bridgehead atoms. The van der Waals surface area contributed by atoms with E-state index in [1.807, 2.05) is 26.8 Å². The van der Waals surface area contributed by atoms with Gasteiger partial charge in [-0.3, -0.25) is 9.36 Å². The van der Waals surface area contributed by atoms with E-state index >= 15 is 0 Å². The molecule has 28 heavy (non-hydrogen) atoms. The summed E-state index contributed by atoms with van der Waals surface area (Å²) in [4.78, 5) is 12.1. The van der Waals surface area contributed by atoms with Gasteiger partial charge in [-0.25, -0.2) is 13.1 Å². The maximum absolute atomic E-state index is 12.5. The van der Waals surface area contributed by atoms with E-state index < -0.39 is 10.0 Å². The van der Waals surface area contributed by atoms with E-state index in [0.29, 0.717) is 15.5 Å². The van der Waals surface area contributed by atoms with Crippen molar-refractivity contribution in [3.63, 3.8) is 0 Å². The Morgan fingerprint density at radius 2 is 1.96 bits per heavy atom. The Labute approximate surface area is 172 Å². The molecule has 0 aliphatic rings. The predicted molar refractivity (Wildman–Crippen MR) is 113 cm³/mol. The highest BCUT2D eigenvalue weighted by Gasteiger charge is 2.17. The Hall–Kier alpha value is -1.87. The zero-order valence-corrected chi connectivity index (χ0v) is 18.1. The smallest absolute Gasteiger partial charge is 0.308 e. The summed E-state index contributed by atoms with van der Waals surface area (Å²) < 4.78 is 35.4. The molecular weight excluding hydrogens is 420 g/mol. The standard InChI is InChI=1S/C19H21ClN2O4S2/c1-12(2)22-17-7-6-15(11-18(17)27-19(22)23)28(24,25)21-8-9-26-14-5-4-13(3)16(20)10-14/h4-7,10-12,21H,8-9H2,1-3H3. The molecule has 9 heteroatoms. The van der Waals surface area contributed by atoms with Crippen molar-refractivity contribution in [1.82, 2.24) is 9.29 Å². The molecule has 6 nitrogen and oxygen atoms in total. The van der Waals surface area contributed by atoms with Crippen molar-refractivity contribution in [3.8, 4) is 5.75 Å². The Balaban J connectivity index is 1.68. The Kier molecular flexibility index (Phi) is 6.14. The van der Waals surface area contributed by atoms with Crippen LogP contribution in [0.25, 0.3) is 10.2 Å². The summed E-state index contributed by atoms with van der Waals surface area (Å²) in [7, 11) is -3.71. The Morgan fingerprint density at radius 3 is 2.64 bits per heavy atom. The van der Waals surface area contributed by atoms with E-state index in [9.17, 15) is 13.2 Å². The van der Waals surface area contributed by atoms with Gasteiger partial charge in [-0.05, 0) is 56.7 Å². The number of rotatable bonds is 7. The number of ether oxygens (including phenoxy) is 1. The van der Waals surface area contributed by atoms with Gasteiger partial charge in [0.25, 0.3) is 0 Å². The molecule has 1 N–H and O–H groups in total. The van der Waals surface area contributed by atoms with Crippen LogP contribution in [0, 0.1) is 6.92 Å². The number of hydrogen-bond acceptors (Lipinski definition) is 5. The third kappa shape index (κ3) is 4.41. The van der Waals surface area contributed by atoms with Gasteiger partial charge in [0.05, 0.1) is 15.1 Å². The highest BCUT2D eigenvalue weighted by atomic mass is 35.5. The third-order valence-electron chi connectivity index (χ3n) is 4.22. The first-order chi connectivity index (χ1) is 13.2. The number of hydrogen-bond donors (Lipinski definition) is 1. The van der Waals surface area contributed by atoms with Crippen molar-refractivity contribution in [2.45, 2.75) is 31.7 Å². The van der Waals surface area contributed by atoms with E-state index in [2.05, 4.69) is 4.72 Å². The second kappa shape index (κ2) is 8.24. The molecule has 0 unspecified atom stereocenters. The van der Waals surface area contributed by atoms with E-state index in [4.69, 9.17) is 16.3 Å². The fraction of sp³-hybridized carbons (Fsp3) is 0.316. The molecule has 0 aliphatic heterocycles. The molecule has 1 heterocycles. The molecule has 3 aromatic rings. The van der Waals surface area contributed by atoms with Gasteiger partial charge in [-0.15, -0.1) is 0 Å². The average Bonchev–Trinajstić information content (AvgIpc) is 2.96. The summed E-state index contributed by atoms with van der Waals surface area (Å²) in [5, 5.41) is 0.596. The quantitative estimate of drug-likeness (QED) is 0.564. The minimum Gasteiger partial charge on any atom is -0.492 e. The first-order valence-corrected chi connectivity index (χ1v) is 11.4. The van der Waals surface area contributed by atoms with Crippen LogP contribution in [0.3, 0.4) is 0 Å². The number of aryl methyl sites for hydroxylation is 1. The normalized spacial score (nSPS) is 12.0. The minimum absolute atomic E-state index is 0.00857. The molecule has 0 saturated carbocycles. The van der Waals surface area contributed by atoms with Crippen molar-refractivity contribution in [2.24, 2.45) is 0 Å². The van der Waals surface area contributed by atoms with Crippen LogP contribution in [0.1, 0.15) is 25.5 Å². The van der Waals surface area contributed by atoms with Crippen LogP contribution < -0.4 is 14.3 Å². The molecule has 0 radical (unpaired) electrons. The number of benzene rings is 2. The van der Waals surface area contributed by atoms with Crippen molar-refractivity contribution >= 4 is 43.2 Å². The summed E-state index contributed by atoms with van der Waals surface area (Å²) in [5.74, 6) is 0.580. The number of fused-ring (bicyclic) bond motifs is 1. The topological polar surface area (TPSA) is 77.4 Å². The van der Waals surface area contributed by atoms with Crippen LogP contribution >= 0.6 is 22.9 Å². The van der Waals surface area contributed by atoms with Crippen LogP contribution in [0.2, 0.25) is 5.02 Å². The van der Waals surface area contributed by atoms with Crippen LogP contribution in [0.5, 0.6) is 5.75 Å². The monoisotopic (exact) mass is 440 g/mol. The van der Waals surface area contributed by atoms with Crippen molar-refractivity contribution in [1.29, 1.82) is 0 Å². The lowest BCUT2D eigenvalue weighted by Crippen LogP contribution is -2.28. The first kappa shape index (κ1) is 20.9. The predicted octanol–water partition coefficient (Wildman–Crippen LogP) is 3.96. The number of halogens is 1. The maximum Gasteiger partial charge on any atom is 0.308 e. The molecule has 0 saturated heterocycles. The molecule has 0 fully saturated rings. The largest absolute Gasteiger partial charge is 0.492 e. The highest BCUT2D eigenvalue weighted by molar-refractivity contribution is 7.89. The van der Waals surface area contributed by atoms with Gasteiger partial charge in [-0.1, -0.05) is 29.0 Å². The molecule has 2 aromatic carbocycles. The van der Waals surface area contributed by atoms with Crippen LogP contribution in [0.15, 0.2) is 46.1 Å². The molecule has 0 aliphatic carbocycles. The molecule has 1 aromatic heterocycles. The molecule has 150 valence electrons. The first-order valence-electron chi connectivity index (χ1n) is 8.73. The Bertz CT molecular complexity index is 1170. The summed E-state index contributed by atoms with van der Waals surface area (Å²) in [6.07, 6.45) is 0. The number of nitrogens with one attached hydrogen (secondary N) is 1. The van der Waals surface area contributed by atoms with Gasteiger partial charge < -0.3 is 4.74 Å². The molecule has 0 spiro atoms. The molecule has 0 amide bonds. The summed E-state index contributed by atoms with van der Waals surface area (Å²) in [6.45, 7) is 6.00. The maximum atomic E-state index is 12.5.